The zero-order chi connectivity index (χ0) is 19.0. The first kappa shape index (κ1) is 17.8. The number of carbonyl (C=O) groups excluding carboxylic acids is 1. The summed E-state index contributed by atoms with van der Waals surface area (Å²) in [5.41, 5.74) is 4.73. The normalized spacial score (nSPS) is 16.4. The third kappa shape index (κ3) is 3.51. The Kier molecular flexibility index (Phi) is 4.77. The smallest absolute Gasteiger partial charge is 0.253 e. The molecule has 5 nitrogen and oxygen atoms in total. The van der Waals surface area contributed by atoms with Crippen molar-refractivity contribution < 1.29 is 9.53 Å². The van der Waals surface area contributed by atoms with Crippen LogP contribution in [0.15, 0.2) is 29.2 Å². The lowest BCUT2D eigenvalue weighted by Crippen LogP contribution is -2.23. The standard InChI is InChI=1S/C22H26N2O3/c1-3-24-12-18(9-14(2)22(24)26)17-10-16-7-8-20(25)23-21(16)19(11-17)27-13-15-5-4-6-15/h9-12,15H,3-8,13H2,1-2H3,(H,23,25). The van der Waals surface area contributed by atoms with Crippen LogP contribution in [0, 0.1) is 12.8 Å². The number of ether oxygens (including phenoxy) is 1. The van der Waals surface area contributed by atoms with Crippen LogP contribution in [0.5, 0.6) is 5.75 Å². The number of aryl methyl sites for hydroxylation is 3. The number of rotatable bonds is 5. The minimum absolute atomic E-state index is 0.0409. The Morgan fingerprint density at radius 2 is 1.96 bits per heavy atom. The second-order valence-corrected chi connectivity index (χ2v) is 7.67. The van der Waals surface area contributed by atoms with E-state index < -0.39 is 0 Å². The molecule has 0 unspecified atom stereocenters. The molecule has 4 rings (SSSR count). The predicted molar refractivity (Wildman–Crippen MR) is 106 cm³/mol. The van der Waals surface area contributed by atoms with Crippen molar-refractivity contribution in [1.82, 2.24) is 4.57 Å². The summed E-state index contributed by atoms with van der Waals surface area (Å²) in [6.07, 6.45) is 6.83. The Bertz CT molecular complexity index is 941. The minimum atomic E-state index is 0.0409. The molecular formula is C22H26N2O3. The number of benzene rings is 1. The van der Waals surface area contributed by atoms with Gasteiger partial charge in [-0.3, -0.25) is 9.59 Å². The van der Waals surface area contributed by atoms with Gasteiger partial charge in [-0.05, 0) is 73.9 Å². The highest BCUT2D eigenvalue weighted by Crippen LogP contribution is 2.38. The first-order chi connectivity index (χ1) is 13.0. The number of hydrogen-bond donors (Lipinski definition) is 1. The zero-order valence-electron chi connectivity index (χ0n) is 16.0. The molecule has 1 aromatic heterocycles. The number of nitrogens with zero attached hydrogens (tertiary/aromatic N) is 1. The van der Waals surface area contributed by atoms with Crippen LogP contribution in [0.2, 0.25) is 0 Å². The van der Waals surface area contributed by atoms with E-state index in [1.807, 2.05) is 32.2 Å². The van der Waals surface area contributed by atoms with Crippen molar-refractivity contribution in [3.05, 3.63) is 45.9 Å². The summed E-state index contributed by atoms with van der Waals surface area (Å²) < 4.78 is 7.88. The number of fused-ring (bicyclic) bond motifs is 1. The molecule has 1 aromatic carbocycles. The third-order valence-electron chi connectivity index (χ3n) is 5.71. The highest BCUT2D eigenvalue weighted by Gasteiger charge is 2.23. The lowest BCUT2D eigenvalue weighted by atomic mass is 9.86. The van der Waals surface area contributed by atoms with Crippen LogP contribution in [-0.4, -0.2) is 17.1 Å². The molecule has 5 heteroatoms. The van der Waals surface area contributed by atoms with Crippen LogP contribution in [-0.2, 0) is 17.8 Å². The van der Waals surface area contributed by atoms with Crippen molar-refractivity contribution in [2.75, 3.05) is 11.9 Å². The van der Waals surface area contributed by atoms with Crippen molar-refractivity contribution in [3.63, 3.8) is 0 Å². The van der Waals surface area contributed by atoms with Gasteiger partial charge < -0.3 is 14.6 Å². The van der Waals surface area contributed by atoms with Gasteiger partial charge in [-0.2, -0.15) is 0 Å². The Morgan fingerprint density at radius 3 is 2.67 bits per heavy atom. The van der Waals surface area contributed by atoms with Gasteiger partial charge in [0.25, 0.3) is 5.56 Å². The lowest BCUT2D eigenvalue weighted by Gasteiger charge is -2.27. The van der Waals surface area contributed by atoms with Crippen LogP contribution >= 0.6 is 0 Å². The monoisotopic (exact) mass is 366 g/mol. The fraction of sp³-hybridized carbons (Fsp3) is 0.455. The van der Waals surface area contributed by atoms with Gasteiger partial charge in [-0.1, -0.05) is 6.42 Å². The van der Waals surface area contributed by atoms with Crippen molar-refractivity contribution in [3.8, 4) is 16.9 Å². The number of nitrogens with one attached hydrogen (secondary N) is 1. The van der Waals surface area contributed by atoms with E-state index >= 15 is 0 Å². The van der Waals surface area contributed by atoms with Gasteiger partial charge in [0.1, 0.15) is 5.75 Å². The average molecular weight is 366 g/mol. The minimum Gasteiger partial charge on any atom is -0.491 e. The Morgan fingerprint density at radius 1 is 1.15 bits per heavy atom. The molecule has 0 bridgehead atoms. The summed E-state index contributed by atoms with van der Waals surface area (Å²) in [5, 5.41) is 2.99. The number of hydrogen-bond acceptors (Lipinski definition) is 3. The number of pyridine rings is 1. The van der Waals surface area contributed by atoms with Gasteiger partial charge >= 0.3 is 0 Å². The molecule has 2 heterocycles. The molecule has 1 saturated carbocycles. The van der Waals surface area contributed by atoms with E-state index in [0.717, 1.165) is 33.7 Å². The molecule has 1 fully saturated rings. The van der Waals surface area contributed by atoms with Gasteiger partial charge in [0, 0.05) is 24.7 Å². The Labute approximate surface area is 159 Å². The molecular weight excluding hydrogens is 340 g/mol. The zero-order valence-corrected chi connectivity index (χ0v) is 16.0. The summed E-state index contributed by atoms with van der Waals surface area (Å²) in [6, 6.07) is 6.06. The first-order valence-corrected chi connectivity index (χ1v) is 9.86. The van der Waals surface area contributed by atoms with Crippen LogP contribution in [0.4, 0.5) is 5.69 Å². The van der Waals surface area contributed by atoms with Crippen molar-refractivity contribution in [2.24, 2.45) is 5.92 Å². The molecule has 1 amide bonds. The molecule has 27 heavy (non-hydrogen) atoms. The molecule has 1 aliphatic heterocycles. The van der Waals surface area contributed by atoms with E-state index in [2.05, 4.69) is 11.4 Å². The van der Waals surface area contributed by atoms with E-state index in [0.29, 0.717) is 31.9 Å². The van der Waals surface area contributed by atoms with Crippen LogP contribution in [0.25, 0.3) is 11.1 Å². The van der Waals surface area contributed by atoms with Crippen molar-refractivity contribution >= 4 is 11.6 Å². The molecule has 0 atom stereocenters. The van der Waals surface area contributed by atoms with Crippen molar-refractivity contribution in [1.29, 1.82) is 0 Å². The molecule has 0 radical (unpaired) electrons. The number of anilines is 1. The summed E-state index contributed by atoms with van der Waals surface area (Å²) >= 11 is 0. The molecule has 2 aromatic rings. The summed E-state index contributed by atoms with van der Waals surface area (Å²) in [5.74, 6) is 1.40. The first-order valence-electron chi connectivity index (χ1n) is 9.86. The Hall–Kier alpha value is -2.56. The maximum absolute atomic E-state index is 12.2. The second-order valence-electron chi connectivity index (χ2n) is 7.67. The maximum Gasteiger partial charge on any atom is 0.253 e. The summed E-state index contributed by atoms with van der Waals surface area (Å²) in [7, 11) is 0. The largest absolute Gasteiger partial charge is 0.491 e. The Balaban J connectivity index is 1.76. The van der Waals surface area contributed by atoms with Gasteiger partial charge in [-0.15, -0.1) is 0 Å². The van der Waals surface area contributed by atoms with E-state index in [9.17, 15) is 9.59 Å². The topological polar surface area (TPSA) is 60.3 Å². The number of carbonyl (C=O) groups is 1. The van der Waals surface area contributed by atoms with Crippen LogP contribution in [0.3, 0.4) is 0 Å². The summed E-state index contributed by atoms with van der Waals surface area (Å²) in [4.78, 5) is 24.1. The lowest BCUT2D eigenvalue weighted by molar-refractivity contribution is -0.116. The number of aromatic nitrogens is 1. The van der Waals surface area contributed by atoms with Crippen LogP contribution < -0.4 is 15.6 Å². The second kappa shape index (κ2) is 7.22. The van der Waals surface area contributed by atoms with E-state index in [1.165, 1.54) is 19.3 Å². The quantitative estimate of drug-likeness (QED) is 0.873. The predicted octanol–water partition coefficient (Wildman–Crippen LogP) is 3.91. The van der Waals surface area contributed by atoms with Crippen LogP contribution in [0.1, 0.15) is 43.7 Å². The number of amides is 1. The van der Waals surface area contributed by atoms with E-state index in [1.54, 1.807) is 4.57 Å². The van der Waals surface area contributed by atoms with Gasteiger partial charge in [0.2, 0.25) is 5.91 Å². The third-order valence-corrected chi connectivity index (χ3v) is 5.71. The maximum atomic E-state index is 12.2. The summed E-state index contributed by atoms with van der Waals surface area (Å²) in [6.45, 7) is 5.16. The van der Waals surface area contributed by atoms with E-state index in [4.69, 9.17) is 4.74 Å². The van der Waals surface area contributed by atoms with Gasteiger partial charge in [0.05, 0.1) is 12.3 Å². The fourth-order valence-corrected chi connectivity index (χ4v) is 3.79. The molecule has 1 N–H and O–H groups in total. The van der Waals surface area contributed by atoms with E-state index in [-0.39, 0.29) is 11.5 Å². The molecule has 2 aliphatic rings. The molecule has 0 saturated heterocycles. The molecule has 1 aliphatic carbocycles. The molecule has 0 spiro atoms. The highest BCUT2D eigenvalue weighted by molar-refractivity contribution is 5.96. The van der Waals surface area contributed by atoms with Gasteiger partial charge in [-0.25, -0.2) is 0 Å². The van der Waals surface area contributed by atoms with Crippen molar-refractivity contribution in [2.45, 2.75) is 52.5 Å². The fourth-order valence-electron chi connectivity index (χ4n) is 3.79. The molecule has 142 valence electrons. The SMILES string of the molecule is CCn1cc(-c2cc3c(c(OCC4CCC4)c2)NC(=O)CC3)cc(C)c1=O. The average Bonchev–Trinajstić information content (AvgIpc) is 2.62. The van der Waals surface area contributed by atoms with Gasteiger partial charge in [0.15, 0.2) is 0 Å². The highest BCUT2D eigenvalue weighted by atomic mass is 16.5.